The second-order valence-electron chi connectivity index (χ2n) is 6.36. The number of guanidine groups is 1. The van der Waals surface area contributed by atoms with Crippen LogP contribution >= 0.6 is 35.3 Å². The van der Waals surface area contributed by atoms with Crippen LogP contribution in [0.4, 0.5) is 0 Å². The lowest BCUT2D eigenvalue weighted by Crippen LogP contribution is -2.44. The molecule has 0 saturated heterocycles. The van der Waals surface area contributed by atoms with E-state index in [-0.39, 0.29) is 24.0 Å². The Bertz CT molecular complexity index is 464. The Hall–Kier alpha value is -0.370. The predicted molar refractivity (Wildman–Crippen MR) is 106 cm³/mol. The van der Waals surface area contributed by atoms with Gasteiger partial charge in [0.1, 0.15) is 0 Å². The first-order chi connectivity index (χ1) is 10.1. The third-order valence-corrected chi connectivity index (χ3v) is 5.27. The summed E-state index contributed by atoms with van der Waals surface area (Å²) in [6, 6.07) is 0.564. The number of thiazole rings is 1. The molecule has 126 valence electrons. The van der Waals surface area contributed by atoms with Gasteiger partial charge in [0.05, 0.1) is 17.2 Å². The number of nitrogens with one attached hydrogen (secondary N) is 2. The summed E-state index contributed by atoms with van der Waals surface area (Å²) < 4.78 is 0. The zero-order valence-corrected chi connectivity index (χ0v) is 17.2. The van der Waals surface area contributed by atoms with Crippen LogP contribution in [0.2, 0.25) is 0 Å². The Morgan fingerprint density at radius 2 is 2.05 bits per heavy atom. The lowest BCUT2D eigenvalue weighted by Gasteiger charge is -2.28. The highest BCUT2D eigenvalue weighted by atomic mass is 127. The Kier molecular flexibility index (Phi) is 8.67. The molecule has 1 aliphatic carbocycles. The van der Waals surface area contributed by atoms with E-state index in [9.17, 15) is 0 Å². The zero-order chi connectivity index (χ0) is 15.2. The number of hydrogen-bond acceptors (Lipinski definition) is 3. The summed E-state index contributed by atoms with van der Waals surface area (Å²) in [5.74, 6) is 2.28. The van der Waals surface area contributed by atoms with Crippen LogP contribution in [0.15, 0.2) is 10.4 Å². The lowest BCUT2D eigenvalue weighted by molar-refractivity contribution is 0.329. The minimum absolute atomic E-state index is 0. The quantitative estimate of drug-likeness (QED) is 0.424. The molecule has 2 rings (SSSR count). The number of hydrogen-bond donors (Lipinski definition) is 2. The molecule has 1 saturated carbocycles. The van der Waals surface area contributed by atoms with E-state index in [1.165, 1.54) is 30.7 Å². The van der Waals surface area contributed by atoms with E-state index < -0.39 is 0 Å². The van der Waals surface area contributed by atoms with Gasteiger partial charge in [-0.05, 0) is 31.6 Å². The van der Waals surface area contributed by atoms with Crippen molar-refractivity contribution in [3.05, 3.63) is 16.1 Å². The largest absolute Gasteiger partial charge is 0.354 e. The average Bonchev–Trinajstić information content (AvgIpc) is 2.94. The Balaban J connectivity index is 0.00000242. The van der Waals surface area contributed by atoms with Crippen molar-refractivity contribution in [2.75, 3.05) is 7.05 Å². The predicted octanol–water partition coefficient (Wildman–Crippen LogP) is 4.13. The molecule has 1 aliphatic rings. The third kappa shape index (κ3) is 6.02. The molecule has 0 radical (unpaired) electrons. The number of halogens is 1. The molecule has 1 aromatic rings. The molecule has 0 aromatic carbocycles. The van der Waals surface area contributed by atoms with Gasteiger partial charge in [-0.1, -0.05) is 20.8 Å². The number of aliphatic imine (C=N–C) groups is 1. The normalized spacial score (nSPS) is 22.3. The monoisotopic (exact) mass is 436 g/mol. The van der Waals surface area contributed by atoms with E-state index in [4.69, 9.17) is 0 Å². The second kappa shape index (κ2) is 9.70. The molecule has 0 bridgehead atoms. The number of nitrogens with zero attached hydrogens (tertiary/aromatic N) is 2. The summed E-state index contributed by atoms with van der Waals surface area (Å²) >= 11 is 1.74. The van der Waals surface area contributed by atoms with Crippen LogP contribution in [0.3, 0.4) is 0 Å². The lowest BCUT2D eigenvalue weighted by atomic mass is 9.87. The molecule has 0 amide bonds. The van der Waals surface area contributed by atoms with Crippen molar-refractivity contribution >= 4 is 41.3 Å². The first-order valence-electron chi connectivity index (χ1n) is 8.00. The van der Waals surface area contributed by atoms with Gasteiger partial charge in [0.2, 0.25) is 0 Å². The average molecular weight is 436 g/mol. The van der Waals surface area contributed by atoms with Crippen LogP contribution in [0.5, 0.6) is 0 Å². The second-order valence-corrected chi connectivity index (χ2v) is 7.25. The van der Waals surface area contributed by atoms with Gasteiger partial charge in [0.15, 0.2) is 5.96 Å². The molecular formula is C16H29IN4S. The molecule has 2 N–H and O–H groups in total. The van der Waals surface area contributed by atoms with Gasteiger partial charge in [-0.2, -0.15) is 0 Å². The smallest absolute Gasteiger partial charge is 0.191 e. The molecule has 0 aliphatic heterocycles. The maximum absolute atomic E-state index is 4.65. The van der Waals surface area contributed by atoms with Crippen LogP contribution in [0.25, 0.3) is 0 Å². The van der Waals surface area contributed by atoms with Crippen molar-refractivity contribution < 1.29 is 0 Å². The third-order valence-electron chi connectivity index (χ3n) is 4.08. The summed E-state index contributed by atoms with van der Waals surface area (Å²) in [6.45, 7) is 7.45. The fraction of sp³-hybridized carbons (Fsp3) is 0.750. The van der Waals surface area contributed by atoms with Crippen LogP contribution < -0.4 is 10.6 Å². The molecule has 6 heteroatoms. The van der Waals surface area contributed by atoms with E-state index in [1.54, 1.807) is 11.3 Å². The van der Waals surface area contributed by atoms with Gasteiger partial charge in [-0.3, -0.25) is 4.99 Å². The van der Waals surface area contributed by atoms with Gasteiger partial charge in [0, 0.05) is 24.4 Å². The molecule has 1 heterocycles. The van der Waals surface area contributed by atoms with E-state index >= 15 is 0 Å². The Labute approximate surface area is 155 Å². The minimum atomic E-state index is 0. The van der Waals surface area contributed by atoms with Crippen molar-refractivity contribution in [2.24, 2.45) is 10.9 Å². The molecule has 0 unspecified atom stereocenters. The van der Waals surface area contributed by atoms with Crippen molar-refractivity contribution in [2.45, 2.75) is 65.0 Å². The first-order valence-corrected chi connectivity index (χ1v) is 8.88. The molecule has 0 atom stereocenters. The summed E-state index contributed by atoms with van der Waals surface area (Å²) in [6.07, 6.45) is 5.13. The minimum Gasteiger partial charge on any atom is -0.354 e. The van der Waals surface area contributed by atoms with E-state index in [0.29, 0.717) is 12.0 Å². The van der Waals surface area contributed by atoms with Crippen LogP contribution in [-0.2, 0) is 6.54 Å². The van der Waals surface area contributed by atoms with E-state index in [2.05, 4.69) is 46.8 Å². The van der Waals surface area contributed by atoms with Gasteiger partial charge in [-0.25, -0.2) is 4.98 Å². The van der Waals surface area contributed by atoms with Crippen molar-refractivity contribution in [1.29, 1.82) is 0 Å². The topological polar surface area (TPSA) is 49.3 Å². The maximum Gasteiger partial charge on any atom is 0.191 e. The van der Waals surface area contributed by atoms with Crippen molar-refractivity contribution in [3.8, 4) is 0 Å². The van der Waals surface area contributed by atoms with Gasteiger partial charge in [-0.15, -0.1) is 35.3 Å². The van der Waals surface area contributed by atoms with Gasteiger partial charge >= 0.3 is 0 Å². The Morgan fingerprint density at radius 1 is 1.36 bits per heavy atom. The molecule has 22 heavy (non-hydrogen) atoms. The van der Waals surface area contributed by atoms with Crippen LogP contribution in [0, 0.1) is 5.92 Å². The Morgan fingerprint density at radius 3 is 2.59 bits per heavy atom. The fourth-order valence-corrected chi connectivity index (χ4v) is 3.47. The zero-order valence-electron chi connectivity index (χ0n) is 14.1. The SMILES string of the molecule is CN=C(NCc1csc(C(C)C)n1)NC1CCC(C)CC1.I. The highest BCUT2D eigenvalue weighted by Gasteiger charge is 2.18. The van der Waals surface area contributed by atoms with E-state index in [0.717, 1.165) is 24.1 Å². The summed E-state index contributed by atoms with van der Waals surface area (Å²) in [4.78, 5) is 8.97. The molecule has 1 aromatic heterocycles. The van der Waals surface area contributed by atoms with Gasteiger partial charge < -0.3 is 10.6 Å². The van der Waals surface area contributed by atoms with Crippen LogP contribution in [-0.4, -0.2) is 24.0 Å². The highest BCUT2D eigenvalue weighted by molar-refractivity contribution is 14.0. The molecule has 1 fully saturated rings. The molecule has 0 spiro atoms. The first kappa shape index (κ1) is 19.7. The summed E-state index contributed by atoms with van der Waals surface area (Å²) in [7, 11) is 1.83. The van der Waals surface area contributed by atoms with Crippen molar-refractivity contribution in [3.63, 3.8) is 0 Å². The van der Waals surface area contributed by atoms with Crippen LogP contribution in [0.1, 0.15) is 63.1 Å². The summed E-state index contributed by atoms with van der Waals surface area (Å²) in [5.41, 5.74) is 1.10. The highest BCUT2D eigenvalue weighted by Crippen LogP contribution is 2.23. The molecular weight excluding hydrogens is 407 g/mol. The molecule has 4 nitrogen and oxygen atoms in total. The fourth-order valence-electron chi connectivity index (χ4n) is 2.64. The number of aromatic nitrogens is 1. The van der Waals surface area contributed by atoms with Crippen molar-refractivity contribution in [1.82, 2.24) is 15.6 Å². The number of rotatable bonds is 4. The summed E-state index contributed by atoms with van der Waals surface area (Å²) in [5, 5.41) is 10.3. The van der Waals surface area contributed by atoms with Gasteiger partial charge in [0.25, 0.3) is 0 Å². The standard InChI is InChI=1S/C16H28N4S.HI/c1-11(2)15-19-14(10-21-15)9-18-16(17-4)20-13-7-5-12(3)6-8-13;/h10-13H,5-9H2,1-4H3,(H2,17,18,20);1H. The maximum atomic E-state index is 4.65. The van der Waals surface area contributed by atoms with E-state index in [1.807, 2.05) is 7.05 Å².